The van der Waals surface area contributed by atoms with E-state index in [1.807, 2.05) is 19.2 Å². The highest BCUT2D eigenvalue weighted by Crippen LogP contribution is 2.09. The maximum Gasteiger partial charge on any atom is 0.328 e. The zero-order chi connectivity index (χ0) is 32.7. The van der Waals surface area contributed by atoms with E-state index >= 15 is 0 Å². The van der Waals surface area contributed by atoms with E-state index in [0.29, 0.717) is 13.0 Å². The minimum absolute atomic E-state index is 0.0318. The third-order valence-corrected chi connectivity index (χ3v) is 6.46. The Kier molecular flexibility index (Phi) is 16.1. The van der Waals surface area contributed by atoms with Gasteiger partial charge in [-0.05, 0) is 38.1 Å². The monoisotopic (exact) mass is 617 g/mol. The van der Waals surface area contributed by atoms with Gasteiger partial charge in [0.25, 0.3) is 0 Å². The molecule has 18 heteroatoms. The largest absolute Gasteiger partial charge is 0.480 e. The van der Waals surface area contributed by atoms with Crippen LogP contribution >= 0.6 is 0 Å². The molecule has 0 aromatic heterocycles. The molecule has 1 heterocycles. The second-order valence-electron chi connectivity index (χ2n) is 10.5. The Bertz CT molecular complexity index is 1000. The maximum atomic E-state index is 13.0. The number of aliphatic hydroxyl groups excluding tert-OH is 3. The fraction of sp³-hybridized carbons (Fsp3) is 0.720. The van der Waals surface area contributed by atoms with E-state index in [0.717, 1.165) is 6.42 Å². The van der Waals surface area contributed by atoms with Gasteiger partial charge in [-0.2, -0.15) is 0 Å². The van der Waals surface area contributed by atoms with Crippen molar-refractivity contribution in [2.75, 3.05) is 26.4 Å². The quantitative estimate of drug-likeness (QED) is 0.0647. The molecule has 1 saturated heterocycles. The van der Waals surface area contributed by atoms with Crippen molar-refractivity contribution in [1.82, 2.24) is 31.9 Å². The molecule has 1 fully saturated rings. The van der Waals surface area contributed by atoms with Gasteiger partial charge in [0.15, 0.2) is 0 Å². The molecule has 43 heavy (non-hydrogen) atoms. The molecule has 12 N–H and O–H groups in total. The Morgan fingerprint density at radius 1 is 0.744 bits per heavy atom. The molecule has 0 bridgehead atoms. The number of hydrogen-bond donors (Lipinski definition) is 11. The first kappa shape index (κ1) is 37.2. The number of nitrogens with two attached hydrogens (primary N) is 1. The Morgan fingerprint density at radius 3 is 1.63 bits per heavy atom. The molecular weight excluding hydrogens is 574 g/mol. The van der Waals surface area contributed by atoms with Gasteiger partial charge in [0, 0.05) is 6.42 Å². The molecule has 0 unspecified atom stereocenters. The number of carbonyl (C=O) groups excluding carboxylic acids is 6. The number of nitrogens with one attached hydrogen (secondary N) is 6. The van der Waals surface area contributed by atoms with E-state index in [4.69, 9.17) is 15.9 Å². The van der Waals surface area contributed by atoms with Crippen molar-refractivity contribution in [2.24, 2.45) is 11.7 Å². The van der Waals surface area contributed by atoms with Crippen LogP contribution in [0.2, 0.25) is 0 Å². The summed E-state index contributed by atoms with van der Waals surface area (Å²) in [5, 5.41) is 51.8. The van der Waals surface area contributed by atoms with Gasteiger partial charge in [0.2, 0.25) is 35.4 Å². The predicted octanol–water partition coefficient (Wildman–Crippen LogP) is -5.46. The van der Waals surface area contributed by atoms with E-state index < -0.39 is 98.0 Å². The third-order valence-electron chi connectivity index (χ3n) is 6.46. The molecule has 6 amide bonds. The van der Waals surface area contributed by atoms with Crippen LogP contribution < -0.4 is 37.6 Å². The van der Waals surface area contributed by atoms with Crippen LogP contribution in [0.1, 0.15) is 46.0 Å². The van der Waals surface area contributed by atoms with Crippen LogP contribution in [0.4, 0.5) is 0 Å². The number of carboxylic acids is 1. The first-order valence-corrected chi connectivity index (χ1v) is 13.8. The summed E-state index contributed by atoms with van der Waals surface area (Å²) in [7, 11) is 0. The molecule has 0 radical (unpaired) electrons. The minimum atomic E-state index is -1.73. The molecule has 0 aromatic carbocycles. The van der Waals surface area contributed by atoms with Crippen molar-refractivity contribution < 1.29 is 54.0 Å². The number of amides is 6. The van der Waals surface area contributed by atoms with Gasteiger partial charge in [-0.25, -0.2) is 4.79 Å². The van der Waals surface area contributed by atoms with Crippen molar-refractivity contribution in [3.05, 3.63) is 0 Å². The molecule has 0 aliphatic carbocycles. The summed E-state index contributed by atoms with van der Waals surface area (Å²) in [5.74, 6) is -6.90. The SMILES string of the molecule is CC(C)C[C@H](NC(=O)[C@@H]1CCCN1)C(=O)N[C@@H](CO)C(=O)N[C@@H](CCC(N)=O)C(=O)N[C@@H](CO)C(=O)N[C@@H](CO)C(=O)O. The van der Waals surface area contributed by atoms with Crippen LogP contribution in [0.25, 0.3) is 0 Å². The van der Waals surface area contributed by atoms with Crippen molar-refractivity contribution in [2.45, 2.75) is 82.2 Å². The van der Waals surface area contributed by atoms with E-state index in [9.17, 15) is 43.8 Å². The van der Waals surface area contributed by atoms with Gasteiger partial charge in [0.1, 0.15) is 30.2 Å². The van der Waals surface area contributed by atoms with Crippen LogP contribution in [0, 0.1) is 5.92 Å². The maximum absolute atomic E-state index is 13.0. The Balaban J connectivity index is 2.99. The van der Waals surface area contributed by atoms with E-state index in [1.165, 1.54) is 0 Å². The van der Waals surface area contributed by atoms with E-state index in [1.54, 1.807) is 0 Å². The molecule has 0 saturated carbocycles. The normalized spacial score (nSPS) is 18.0. The van der Waals surface area contributed by atoms with Crippen molar-refractivity contribution >= 4 is 41.4 Å². The van der Waals surface area contributed by atoms with Gasteiger partial charge in [-0.3, -0.25) is 28.8 Å². The Labute approximate surface area is 247 Å². The summed E-state index contributed by atoms with van der Waals surface area (Å²) in [6, 6.07) is -8.09. The van der Waals surface area contributed by atoms with E-state index in [-0.39, 0.29) is 24.7 Å². The topological polar surface area (TPSA) is 299 Å². The van der Waals surface area contributed by atoms with Crippen LogP contribution in [0.15, 0.2) is 0 Å². The highest BCUT2D eigenvalue weighted by atomic mass is 16.4. The molecule has 1 rings (SSSR count). The molecule has 0 aromatic rings. The molecule has 6 atom stereocenters. The lowest BCUT2D eigenvalue weighted by atomic mass is 10.0. The smallest absolute Gasteiger partial charge is 0.328 e. The molecular formula is C25H43N7O11. The zero-order valence-corrected chi connectivity index (χ0v) is 24.1. The number of aliphatic carboxylic acids is 1. The molecule has 0 spiro atoms. The molecule has 1 aliphatic rings. The number of carboxylic acid groups (broad SMARTS) is 1. The summed E-state index contributed by atoms with van der Waals surface area (Å²) in [6.07, 6.45) is 0.822. The van der Waals surface area contributed by atoms with Crippen LogP contribution in [-0.2, 0) is 33.6 Å². The fourth-order valence-corrected chi connectivity index (χ4v) is 4.10. The summed E-state index contributed by atoms with van der Waals surface area (Å²) in [4.78, 5) is 86.3. The summed E-state index contributed by atoms with van der Waals surface area (Å²) >= 11 is 0. The summed E-state index contributed by atoms with van der Waals surface area (Å²) in [6.45, 7) is 1.42. The van der Waals surface area contributed by atoms with Crippen LogP contribution in [0.3, 0.4) is 0 Å². The highest BCUT2D eigenvalue weighted by molar-refractivity contribution is 5.96. The summed E-state index contributed by atoms with van der Waals surface area (Å²) in [5.41, 5.74) is 5.15. The van der Waals surface area contributed by atoms with Crippen molar-refractivity contribution in [3.63, 3.8) is 0 Å². The standard InChI is InChI=1S/C25H43N7O11/c1-12(2)8-15(29-20(37)13-4-3-7-27-13)22(39)31-16(9-33)23(40)28-14(5-6-19(26)36)21(38)30-17(10-34)24(41)32-18(11-35)25(42)43/h12-18,27,33-35H,3-11H2,1-2H3,(H2,26,36)(H,28,40)(H,29,37)(H,30,38)(H,31,39)(H,32,41)(H,42,43)/t13-,14-,15-,16-,17-,18-/m0/s1. The molecule has 244 valence electrons. The average Bonchev–Trinajstić information content (AvgIpc) is 3.49. The third kappa shape index (κ3) is 12.9. The predicted molar refractivity (Wildman–Crippen MR) is 147 cm³/mol. The highest BCUT2D eigenvalue weighted by Gasteiger charge is 2.33. The lowest BCUT2D eigenvalue weighted by Gasteiger charge is -2.26. The van der Waals surface area contributed by atoms with Gasteiger partial charge < -0.3 is 58.1 Å². The fourth-order valence-electron chi connectivity index (χ4n) is 4.10. The first-order valence-electron chi connectivity index (χ1n) is 13.8. The number of aliphatic hydroxyl groups is 3. The molecule has 18 nitrogen and oxygen atoms in total. The van der Waals surface area contributed by atoms with Gasteiger partial charge in [-0.15, -0.1) is 0 Å². The number of primary amides is 1. The lowest BCUT2D eigenvalue weighted by Crippen LogP contribution is -2.60. The van der Waals surface area contributed by atoms with Gasteiger partial charge in [0.05, 0.1) is 25.9 Å². The lowest BCUT2D eigenvalue weighted by molar-refractivity contribution is -0.143. The van der Waals surface area contributed by atoms with Gasteiger partial charge >= 0.3 is 5.97 Å². The molecule has 1 aliphatic heterocycles. The van der Waals surface area contributed by atoms with Gasteiger partial charge in [-0.1, -0.05) is 13.8 Å². The van der Waals surface area contributed by atoms with Crippen LogP contribution in [-0.4, -0.2) is 124 Å². The van der Waals surface area contributed by atoms with Crippen molar-refractivity contribution in [3.8, 4) is 0 Å². The number of rotatable bonds is 19. The first-order chi connectivity index (χ1) is 20.2. The average molecular weight is 618 g/mol. The Hall–Kier alpha value is -3.87. The number of carbonyl (C=O) groups is 7. The van der Waals surface area contributed by atoms with E-state index in [2.05, 4.69) is 26.6 Å². The Morgan fingerprint density at radius 2 is 1.21 bits per heavy atom. The minimum Gasteiger partial charge on any atom is -0.480 e. The van der Waals surface area contributed by atoms with Crippen molar-refractivity contribution in [1.29, 1.82) is 0 Å². The second-order valence-corrected chi connectivity index (χ2v) is 10.5. The number of hydrogen-bond acceptors (Lipinski definition) is 11. The second kappa shape index (κ2) is 18.6. The van der Waals surface area contributed by atoms with Crippen LogP contribution in [0.5, 0.6) is 0 Å². The zero-order valence-electron chi connectivity index (χ0n) is 24.1. The summed E-state index contributed by atoms with van der Waals surface area (Å²) < 4.78 is 0.